The van der Waals surface area contributed by atoms with Gasteiger partial charge in [-0.15, -0.1) is 0 Å². The Kier molecular flexibility index (Phi) is 6.08. The lowest BCUT2D eigenvalue weighted by molar-refractivity contribution is -0.125. The number of sulfonamides is 1. The molecule has 1 aliphatic rings. The van der Waals surface area contributed by atoms with Crippen molar-refractivity contribution in [3.63, 3.8) is 0 Å². The van der Waals surface area contributed by atoms with Crippen molar-refractivity contribution < 1.29 is 13.2 Å². The summed E-state index contributed by atoms with van der Waals surface area (Å²) >= 11 is 0. The molecule has 0 radical (unpaired) electrons. The summed E-state index contributed by atoms with van der Waals surface area (Å²) < 4.78 is 27.8. The van der Waals surface area contributed by atoms with Gasteiger partial charge in [0.05, 0.1) is 10.3 Å². The molecule has 31 heavy (non-hydrogen) atoms. The number of piperidine rings is 1. The Morgan fingerprint density at radius 3 is 1.97 bits per heavy atom. The third-order valence-corrected chi connectivity index (χ3v) is 8.22. The van der Waals surface area contributed by atoms with Crippen LogP contribution >= 0.6 is 0 Å². The van der Waals surface area contributed by atoms with Crippen molar-refractivity contribution in [2.45, 2.75) is 36.5 Å². The van der Waals surface area contributed by atoms with Gasteiger partial charge in [-0.2, -0.15) is 4.31 Å². The Balaban J connectivity index is 1.60. The summed E-state index contributed by atoms with van der Waals surface area (Å²) in [6.07, 6.45) is 1.31. The van der Waals surface area contributed by atoms with Gasteiger partial charge >= 0.3 is 0 Å². The van der Waals surface area contributed by atoms with Crippen LogP contribution in [0.5, 0.6) is 0 Å². The third kappa shape index (κ3) is 4.34. The van der Waals surface area contributed by atoms with Crippen LogP contribution in [0.1, 0.15) is 29.5 Å². The van der Waals surface area contributed by atoms with Crippen LogP contribution in [0, 0.1) is 6.92 Å². The number of hydrogen-bond donors (Lipinski definition) is 0. The molecule has 1 aliphatic heterocycles. The SMILES string of the molecule is Cc1ccc(S(=O)(=O)N2CCC(C(=O)Cc3ccccc3)(c3ccccc3)CC2)cc1. The normalized spacial score (nSPS) is 16.7. The van der Waals surface area contributed by atoms with Gasteiger partial charge in [-0.1, -0.05) is 78.4 Å². The molecule has 1 heterocycles. The van der Waals surface area contributed by atoms with E-state index in [0.29, 0.717) is 37.2 Å². The van der Waals surface area contributed by atoms with Crippen LogP contribution in [-0.2, 0) is 26.7 Å². The average Bonchev–Trinajstić information content (AvgIpc) is 2.80. The van der Waals surface area contributed by atoms with Crippen molar-refractivity contribution in [2.24, 2.45) is 0 Å². The quantitative estimate of drug-likeness (QED) is 0.574. The second-order valence-corrected chi connectivity index (χ2v) is 10.2. The lowest BCUT2D eigenvalue weighted by atomic mass is 9.69. The summed E-state index contributed by atoms with van der Waals surface area (Å²) in [6.45, 7) is 2.58. The number of benzene rings is 3. The van der Waals surface area contributed by atoms with Gasteiger partial charge < -0.3 is 0 Å². The molecule has 0 amide bonds. The molecule has 4 rings (SSSR count). The van der Waals surface area contributed by atoms with Crippen molar-refractivity contribution in [2.75, 3.05) is 13.1 Å². The minimum absolute atomic E-state index is 0.150. The molecule has 1 fully saturated rings. The number of ketones is 1. The van der Waals surface area contributed by atoms with E-state index in [9.17, 15) is 13.2 Å². The summed E-state index contributed by atoms with van der Waals surface area (Å²) in [6, 6.07) is 26.5. The molecule has 0 bridgehead atoms. The molecule has 160 valence electrons. The van der Waals surface area contributed by atoms with Crippen LogP contribution < -0.4 is 0 Å². The second kappa shape index (κ2) is 8.77. The highest BCUT2D eigenvalue weighted by molar-refractivity contribution is 7.89. The molecular formula is C26H27NO3S. The molecule has 3 aromatic rings. The van der Waals surface area contributed by atoms with E-state index < -0.39 is 15.4 Å². The van der Waals surface area contributed by atoms with Crippen LogP contribution in [0.2, 0.25) is 0 Å². The molecule has 4 nitrogen and oxygen atoms in total. The topological polar surface area (TPSA) is 54.5 Å². The molecule has 0 saturated carbocycles. The van der Waals surface area contributed by atoms with Gasteiger partial charge in [-0.3, -0.25) is 4.79 Å². The van der Waals surface area contributed by atoms with Gasteiger partial charge in [-0.05, 0) is 43.0 Å². The van der Waals surface area contributed by atoms with E-state index >= 15 is 0 Å². The number of rotatable bonds is 6. The molecule has 0 atom stereocenters. The Labute approximate surface area is 184 Å². The number of Topliss-reactive ketones (excluding diaryl/α,β-unsaturated/α-hetero) is 1. The van der Waals surface area contributed by atoms with E-state index in [2.05, 4.69) is 0 Å². The predicted molar refractivity (Wildman–Crippen MR) is 122 cm³/mol. The Morgan fingerprint density at radius 2 is 1.39 bits per heavy atom. The summed E-state index contributed by atoms with van der Waals surface area (Å²) in [7, 11) is -3.57. The smallest absolute Gasteiger partial charge is 0.243 e. The van der Waals surface area contributed by atoms with Crippen molar-refractivity contribution in [1.82, 2.24) is 4.31 Å². The molecule has 0 aliphatic carbocycles. The van der Waals surface area contributed by atoms with Crippen molar-refractivity contribution in [3.05, 3.63) is 102 Å². The van der Waals surface area contributed by atoms with Crippen molar-refractivity contribution in [1.29, 1.82) is 0 Å². The van der Waals surface area contributed by atoms with E-state index in [1.807, 2.05) is 79.7 Å². The molecule has 0 aromatic heterocycles. The van der Waals surface area contributed by atoms with E-state index in [1.54, 1.807) is 12.1 Å². The first-order chi connectivity index (χ1) is 14.9. The summed E-state index contributed by atoms with van der Waals surface area (Å²) in [4.78, 5) is 13.9. The zero-order valence-electron chi connectivity index (χ0n) is 17.7. The fourth-order valence-electron chi connectivity index (χ4n) is 4.40. The number of aryl methyl sites for hydroxylation is 1. The third-order valence-electron chi connectivity index (χ3n) is 6.30. The van der Waals surface area contributed by atoms with E-state index in [4.69, 9.17) is 0 Å². The maximum absolute atomic E-state index is 13.6. The van der Waals surface area contributed by atoms with Gasteiger partial charge in [0, 0.05) is 19.5 Å². The fraction of sp³-hybridized carbons (Fsp3) is 0.269. The second-order valence-electron chi connectivity index (χ2n) is 8.25. The zero-order chi connectivity index (χ0) is 21.9. The maximum Gasteiger partial charge on any atom is 0.243 e. The maximum atomic E-state index is 13.6. The average molecular weight is 434 g/mol. The monoisotopic (exact) mass is 433 g/mol. The van der Waals surface area contributed by atoms with Crippen LogP contribution in [0.4, 0.5) is 0 Å². The molecular weight excluding hydrogens is 406 g/mol. The van der Waals surface area contributed by atoms with Gasteiger partial charge in [0.25, 0.3) is 0 Å². The van der Waals surface area contributed by atoms with Gasteiger partial charge in [0.15, 0.2) is 0 Å². The van der Waals surface area contributed by atoms with Gasteiger partial charge in [-0.25, -0.2) is 8.42 Å². The summed E-state index contributed by atoms with van der Waals surface area (Å²) in [5.74, 6) is 0.150. The highest BCUT2D eigenvalue weighted by atomic mass is 32.2. The van der Waals surface area contributed by atoms with Crippen molar-refractivity contribution >= 4 is 15.8 Å². The standard InChI is InChI=1S/C26H27NO3S/c1-21-12-14-24(15-13-21)31(29,30)27-18-16-26(17-19-27,23-10-6-3-7-11-23)25(28)20-22-8-4-2-5-9-22/h2-15H,16-20H2,1H3. The minimum Gasteiger partial charge on any atom is -0.298 e. The molecule has 0 unspecified atom stereocenters. The Hall–Kier alpha value is -2.76. The van der Waals surface area contributed by atoms with Crippen LogP contribution in [0.25, 0.3) is 0 Å². The lowest BCUT2D eigenvalue weighted by Crippen LogP contribution is -2.49. The summed E-state index contributed by atoms with van der Waals surface area (Å²) in [5, 5.41) is 0. The van der Waals surface area contributed by atoms with Crippen LogP contribution in [0.15, 0.2) is 89.8 Å². The predicted octanol–water partition coefficient (Wildman–Crippen LogP) is 4.53. The highest BCUT2D eigenvalue weighted by Crippen LogP contribution is 2.39. The van der Waals surface area contributed by atoms with Gasteiger partial charge in [0.1, 0.15) is 5.78 Å². The largest absolute Gasteiger partial charge is 0.298 e. The van der Waals surface area contributed by atoms with Crippen LogP contribution in [-0.4, -0.2) is 31.6 Å². The molecule has 0 N–H and O–H groups in total. The lowest BCUT2D eigenvalue weighted by Gasteiger charge is -2.40. The number of carbonyl (C=O) groups is 1. The molecule has 0 spiro atoms. The Bertz CT molecular complexity index is 1130. The first kappa shape index (κ1) is 21.5. The van der Waals surface area contributed by atoms with E-state index in [1.165, 1.54) is 4.31 Å². The van der Waals surface area contributed by atoms with Gasteiger partial charge in [0.2, 0.25) is 10.0 Å². The molecule has 1 saturated heterocycles. The number of carbonyl (C=O) groups excluding carboxylic acids is 1. The van der Waals surface area contributed by atoms with Crippen molar-refractivity contribution in [3.8, 4) is 0 Å². The highest BCUT2D eigenvalue weighted by Gasteiger charge is 2.44. The first-order valence-electron chi connectivity index (χ1n) is 10.6. The molecule has 3 aromatic carbocycles. The molecule has 5 heteroatoms. The Morgan fingerprint density at radius 1 is 0.839 bits per heavy atom. The van der Waals surface area contributed by atoms with E-state index in [-0.39, 0.29) is 5.78 Å². The van der Waals surface area contributed by atoms with E-state index in [0.717, 1.165) is 16.7 Å². The number of nitrogens with zero attached hydrogens (tertiary/aromatic N) is 1. The minimum atomic E-state index is -3.57. The fourth-order valence-corrected chi connectivity index (χ4v) is 5.85. The summed E-state index contributed by atoms with van der Waals surface area (Å²) in [5.41, 5.74) is 2.31. The van der Waals surface area contributed by atoms with Crippen LogP contribution in [0.3, 0.4) is 0 Å². The first-order valence-corrected chi connectivity index (χ1v) is 12.1. The number of hydrogen-bond acceptors (Lipinski definition) is 3. The zero-order valence-corrected chi connectivity index (χ0v) is 18.5.